The van der Waals surface area contributed by atoms with Gasteiger partial charge in [0.2, 0.25) is 0 Å². The van der Waals surface area contributed by atoms with E-state index >= 15 is 0 Å². The molecule has 2 aliphatic rings. The van der Waals surface area contributed by atoms with Gasteiger partial charge in [0.05, 0.1) is 11.1 Å². The van der Waals surface area contributed by atoms with Crippen LogP contribution in [-0.4, -0.2) is 47.4 Å². The van der Waals surface area contributed by atoms with Crippen LogP contribution in [0.2, 0.25) is 0 Å². The van der Waals surface area contributed by atoms with Gasteiger partial charge in [-0.15, -0.1) is 0 Å². The van der Waals surface area contributed by atoms with Crippen molar-refractivity contribution in [2.75, 3.05) is 24.6 Å². The van der Waals surface area contributed by atoms with Crippen molar-refractivity contribution in [3.05, 3.63) is 47.5 Å². The molecule has 116 valence electrons. The highest BCUT2D eigenvalue weighted by Crippen LogP contribution is 2.22. The normalized spacial score (nSPS) is 21.1. The fraction of sp³-hybridized carbons (Fsp3) is 0.412. The number of rotatable bonds is 6. The number of hydrogen-bond donors (Lipinski definition) is 1. The number of carbonyl (C=O) groups is 2. The van der Waals surface area contributed by atoms with Crippen molar-refractivity contribution < 1.29 is 9.59 Å². The summed E-state index contributed by atoms with van der Waals surface area (Å²) in [6.07, 6.45) is 6.51. The number of nitrogens with zero attached hydrogens (tertiary/aromatic N) is 1. The quantitative estimate of drug-likeness (QED) is 0.497. The fourth-order valence-electron chi connectivity index (χ4n) is 2.83. The second-order valence-corrected chi connectivity index (χ2v) is 6.64. The first-order valence-corrected chi connectivity index (χ1v) is 8.84. The molecule has 1 N–H and O–H groups in total. The van der Waals surface area contributed by atoms with Gasteiger partial charge >= 0.3 is 0 Å². The summed E-state index contributed by atoms with van der Waals surface area (Å²) in [5, 5.41) is 3.47. The van der Waals surface area contributed by atoms with Crippen molar-refractivity contribution in [3.8, 4) is 0 Å². The number of benzene rings is 1. The van der Waals surface area contributed by atoms with Crippen LogP contribution in [-0.2, 0) is 0 Å². The zero-order valence-electron chi connectivity index (χ0n) is 12.5. The van der Waals surface area contributed by atoms with Gasteiger partial charge in [0.1, 0.15) is 0 Å². The molecule has 1 fully saturated rings. The lowest BCUT2D eigenvalue weighted by Crippen LogP contribution is -2.29. The number of carbonyl (C=O) groups excluding carboxylic acids is 2. The van der Waals surface area contributed by atoms with Gasteiger partial charge in [0, 0.05) is 24.1 Å². The zero-order chi connectivity index (χ0) is 15.4. The first-order valence-electron chi connectivity index (χ1n) is 7.68. The van der Waals surface area contributed by atoms with Crippen LogP contribution in [0.3, 0.4) is 0 Å². The molecule has 2 amide bonds. The number of thioether (sulfide) groups is 1. The van der Waals surface area contributed by atoms with E-state index in [1.165, 1.54) is 17.7 Å². The van der Waals surface area contributed by atoms with E-state index in [4.69, 9.17) is 0 Å². The molecule has 22 heavy (non-hydrogen) atoms. The number of amides is 2. The second kappa shape index (κ2) is 7.11. The van der Waals surface area contributed by atoms with Crippen LogP contribution in [0.5, 0.6) is 0 Å². The standard InChI is InChI=1S/C17H20N2O2S/c20-16-14-7-1-2-8-15(14)17(21)19(16)10-3-4-11-22-12-13-6-5-9-18-13/h1-4,7-8,13,18H,5-6,9-12H2. The van der Waals surface area contributed by atoms with E-state index in [-0.39, 0.29) is 11.8 Å². The molecule has 1 atom stereocenters. The Morgan fingerprint density at radius 2 is 1.91 bits per heavy atom. The third-order valence-corrected chi connectivity index (χ3v) is 5.09. The molecule has 4 nitrogen and oxygen atoms in total. The Balaban J connectivity index is 1.45. The highest BCUT2D eigenvalue weighted by atomic mass is 32.2. The summed E-state index contributed by atoms with van der Waals surface area (Å²) in [4.78, 5) is 25.6. The molecule has 1 unspecified atom stereocenters. The first-order chi connectivity index (χ1) is 10.8. The van der Waals surface area contributed by atoms with Crippen molar-refractivity contribution in [2.45, 2.75) is 18.9 Å². The minimum atomic E-state index is -0.187. The summed E-state index contributed by atoms with van der Waals surface area (Å²) in [6, 6.07) is 7.65. The van der Waals surface area contributed by atoms with E-state index in [9.17, 15) is 9.59 Å². The third kappa shape index (κ3) is 3.25. The van der Waals surface area contributed by atoms with E-state index in [0.717, 1.165) is 18.1 Å². The van der Waals surface area contributed by atoms with Crippen LogP contribution in [0.4, 0.5) is 0 Å². The summed E-state index contributed by atoms with van der Waals surface area (Å²) in [5.41, 5.74) is 1.03. The van der Waals surface area contributed by atoms with Crippen molar-refractivity contribution in [3.63, 3.8) is 0 Å². The Hall–Kier alpha value is -1.59. The number of imide groups is 1. The molecule has 1 aromatic carbocycles. The van der Waals surface area contributed by atoms with Crippen molar-refractivity contribution in [2.24, 2.45) is 0 Å². The molecule has 0 bridgehead atoms. The Kier molecular flexibility index (Phi) is 4.95. The van der Waals surface area contributed by atoms with Gasteiger partial charge in [-0.2, -0.15) is 11.8 Å². The lowest BCUT2D eigenvalue weighted by molar-refractivity contribution is 0.0672. The lowest BCUT2D eigenvalue weighted by Gasteiger charge is -2.10. The first kappa shape index (κ1) is 15.3. The van der Waals surface area contributed by atoms with Gasteiger partial charge in [0.15, 0.2) is 0 Å². The zero-order valence-corrected chi connectivity index (χ0v) is 13.3. The molecule has 5 heteroatoms. The second-order valence-electron chi connectivity index (χ2n) is 5.57. The van der Waals surface area contributed by atoms with Gasteiger partial charge in [-0.25, -0.2) is 0 Å². The molecule has 0 spiro atoms. The van der Waals surface area contributed by atoms with Crippen LogP contribution in [0, 0.1) is 0 Å². The van der Waals surface area contributed by atoms with Gasteiger partial charge in [-0.05, 0) is 31.5 Å². The molecule has 0 aromatic heterocycles. The molecule has 0 radical (unpaired) electrons. The van der Waals surface area contributed by atoms with Crippen LogP contribution in [0.25, 0.3) is 0 Å². The van der Waals surface area contributed by atoms with Crippen LogP contribution in [0.1, 0.15) is 33.6 Å². The predicted molar refractivity (Wildman–Crippen MR) is 89.3 cm³/mol. The highest BCUT2D eigenvalue weighted by Gasteiger charge is 2.33. The number of nitrogens with one attached hydrogen (secondary N) is 1. The Labute approximate surface area is 135 Å². The molecular formula is C17H20N2O2S. The minimum Gasteiger partial charge on any atom is -0.313 e. The highest BCUT2D eigenvalue weighted by molar-refractivity contribution is 7.99. The van der Waals surface area contributed by atoms with Crippen molar-refractivity contribution in [1.29, 1.82) is 0 Å². The largest absolute Gasteiger partial charge is 0.313 e. The van der Waals surface area contributed by atoms with Crippen LogP contribution in [0.15, 0.2) is 36.4 Å². The summed E-state index contributed by atoms with van der Waals surface area (Å²) in [6.45, 7) is 1.50. The van der Waals surface area contributed by atoms with E-state index in [0.29, 0.717) is 23.7 Å². The Bertz CT molecular complexity index is 559. The summed E-state index contributed by atoms with van der Waals surface area (Å²) in [7, 11) is 0. The van der Waals surface area contributed by atoms with Gasteiger partial charge in [0.25, 0.3) is 11.8 Å². The summed E-state index contributed by atoms with van der Waals surface area (Å²) >= 11 is 1.88. The maximum atomic E-state index is 12.2. The van der Waals surface area contributed by atoms with Crippen molar-refractivity contribution >= 4 is 23.6 Å². The molecule has 3 rings (SSSR count). The summed E-state index contributed by atoms with van der Waals surface area (Å²) in [5.74, 6) is 1.67. The average Bonchev–Trinajstić information content (AvgIpc) is 3.13. The predicted octanol–water partition coefficient (Wildman–Crippen LogP) is 2.32. The molecule has 0 aliphatic carbocycles. The van der Waals surface area contributed by atoms with Gasteiger partial charge in [-0.1, -0.05) is 24.3 Å². The van der Waals surface area contributed by atoms with E-state index in [1.54, 1.807) is 24.3 Å². The molecule has 0 saturated carbocycles. The maximum absolute atomic E-state index is 12.2. The van der Waals surface area contributed by atoms with Crippen molar-refractivity contribution in [1.82, 2.24) is 10.2 Å². The molecule has 2 heterocycles. The van der Waals surface area contributed by atoms with Crippen LogP contribution >= 0.6 is 11.8 Å². The van der Waals surface area contributed by atoms with Gasteiger partial charge < -0.3 is 5.32 Å². The molecule has 1 aromatic rings. The minimum absolute atomic E-state index is 0.187. The summed E-state index contributed by atoms with van der Waals surface area (Å²) < 4.78 is 0. The van der Waals surface area contributed by atoms with E-state index in [2.05, 4.69) is 5.32 Å². The fourth-order valence-corrected chi connectivity index (χ4v) is 3.81. The molecule has 1 saturated heterocycles. The smallest absolute Gasteiger partial charge is 0.261 e. The van der Waals surface area contributed by atoms with E-state index < -0.39 is 0 Å². The average molecular weight is 316 g/mol. The number of hydrogen-bond acceptors (Lipinski definition) is 4. The third-order valence-electron chi connectivity index (χ3n) is 4.03. The number of fused-ring (bicyclic) bond motifs is 1. The van der Waals surface area contributed by atoms with Gasteiger partial charge in [-0.3, -0.25) is 14.5 Å². The lowest BCUT2D eigenvalue weighted by atomic mass is 10.1. The Morgan fingerprint density at radius 3 is 2.55 bits per heavy atom. The Morgan fingerprint density at radius 1 is 1.18 bits per heavy atom. The monoisotopic (exact) mass is 316 g/mol. The molecular weight excluding hydrogens is 296 g/mol. The molecule has 2 aliphatic heterocycles. The van der Waals surface area contributed by atoms with Crippen LogP contribution < -0.4 is 5.32 Å². The topological polar surface area (TPSA) is 49.4 Å². The SMILES string of the molecule is O=C1c2ccccc2C(=O)N1CC=CCSCC1CCCN1. The van der Waals surface area contributed by atoms with E-state index in [1.807, 2.05) is 23.9 Å². The maximum Gasteiger partial charge on any atom is 0.261 e.